The van der Waals surface area contributed by atoms with Crippen molar-refractivity contribution >= 4 is 23.2 Å². The van der Waals surface area contributed by atoms with Crippen LogP contribution < -0.4 is 0 Å². The van der Waals surface area contributed by atoms with Gasteiger partial charge < -0.3 is 4.74 Å². The molecule has 17 heavy (non-hydrogen) atoms. The average Bonchev–Trinajstić information content (AvgIpc) is 2.31. The van der Waals surface area contributed by atoms with Gasteiger partial charge in [0.2, 0.25) is 0 Å². The molecule has 0 amide bonds. The largest absolute Gasteiger partial charge is 0.380 e. The predicted octanol–water partition coefficient (Wildman–Crippen LogP) is 3.25. The molecule has 0 N–H and O–H groups in total. The topological polar surface area (TPSA) is 25.4 Å². The Labute approximate surface area is 113 Å². The van der Waals surface area contributed by atoms with Gasteiger partial charge in [-0.05, 0) is 19.5 Å². The highest BCUT2D eigenvalue weighted by Crippen LogP contribution is 2.19. The van der Waals surface area contributed by atoms with Gasteiger partial charge in [-0.1, -0.05) is 30.1 Å². The number of pyridine rings is 1. The van der Waals surface area contributed by atoms with Crippen molar-refractivity contribution in [2.24, 2.45) is 0 Å². The van der Waals surface area contributed by atoms with E-state index in [0.717, 1.165) is 38.4 Å². The van der Waals surface area contributed by atoms with Gasteiger partial charge in [-0.2, -0.15) is 0 Å². The fourth-order valence-corrected chi connectivity index (χ4v) is 1.91. The zero-order chi connectivity index (χ0) is 12.7. The molecule has 1 rings (SSSR count). The first-order chi connectivity index (χ1) is 8.17. The molecule has 5 heteroatoms. The normalized spacial score (nSPS) is 11.1. The highest BCUT2D eigenvalue weighted by molar-refractivity contribution is 6.34. The van der Waals surface area contributed by atoms with Crippen LogP contribution in [0.2, 0.25) is 10.2 Å². The summed E-state index contributed by atoms with van der Waals surface area (Å²) in [6.45, 7) is 8.21. The van der Waals surface area contributed by atoms with Gasteiger partial charge in [0, 0.05) is 36.5 Å². The molecular weight excluding hydrogens is 259 g/mol. The van der Waals surface area contributed by atoms with E-state index in [-0.39, 0.29) is 0 Å². The van der Waals surface area contributed by atoms with E-state index in [2.05, 4.69) is 16.8 Å². The summed E-state index contributed by atoms with van der Waals surface area (Å²) in [6, 6.07) is 1.68. The Morgan fingerprint density at radius 2 is 2.12 bits per heavy atom. The van der Waals surface area contributed by atoms with Crippen molar-refractivity contribution in [1.82, 2.24) is 9.88 Å². The molecule has 1 heterocycles. The number of likely N-dealkylation sites (N-methyl/N-ethyl adjacent to an activating group) is 1. The van der Waals surface area contributed by atoms with Crippen LogP contribution in [0.3, 0.4) is 0 Å². The summed E-state index contributed by atoms with van der Waals surface area (Å²) in [7, 11) is 0. The standard InChI is InChI=1S/C12H18Cl2N2O/c1-3-16(5-6-17-4-2)9-10-8-15-12(14)7-11(10)13/h7-8H,3-6,9H2,1-2H3. The number of aromatic nitrogens is 1. The maximum atomic E-state index is 6.11. The number of nitrogens with zero attached hydrogens (tertiary/aromatic N) is 2. The van der Waals surface area contributed by atoms with Gasteiger partial charge in [-0.3, -0.25) is 4.90 Å². The third kappa shape index (κ3) is 5.21. The van der Waals surface area contributed by atoms with Gasteiger partial charge in [-0.25, -0.2) is 4.98 Å². The Kier molecular flexibility index (Phi) is 6.82. The van der Waals surface area contributed by atoms with Crippen molar-refractivity contribution in [3.8, 4) is 0 Å². The van der Waals surface area contributed by atoms with Crippen molar-refractivity contribution in [2.75, 3.05) is 26.3 Å². The van der Waals surface area contributed by atoms with Gasteiger partial charge in [0.15, 0.2) is 0 Å². The third-order valence-electron chi connectivity index (χ3n) is 2.49. The second kappa shape index (κ2) is 7.88. The summed E-state index contributed by atoms with van der Waals surface area (Å²) >= 11 is 11.9. The van der Waals surface area contributed by atoms with Gasteiger partial charge in [0.05, 0.1) is 6.61 Å². The van der Waals surface area contributed by atoms with Crippen LogP contribution in [0.4, 0.5) is 0 Å². The molecule has 0 unspecified atom stereocenters. The summed E-state index contributed by atoms with van der Waals surface area (Å²) in [4.78, 5) is 6.30. The lowest BCUT2D eigenvalue weighted by Gasteiger charge is -2.20. The molecular formula is C12H18Cl2N2O. The van der Waals surface area contributed by atoms with Crippen LogP contribution in [0.5, 0.6) is 0 Å². The average molecular weight is 277 g/mol. The number of ether oxygens (including phenoxy) is 1. The van der Waals surface area contributed by atoms with Crippen molar-refractivity contribution in [3.05, 3.63) is 28.0 Å². The molecule has 0 aliphatic heterocycles. The van der Waals surface area contributed by atoms with Crippen molar-refractivity contribution in [1.29, 1.82) is 0 Å². The minimum absolute atomic E-state index is 0.427. The Balaban J connectivity index is 2.54. The molecule has 0 saturated carbocycles. The van der Waals surface area contributed by atoms with Crippen LogP contribution in [-0.2, 0) is 11.3 Å². The highest BCUT2D eigenvalue weighted by Gasteiger charge is 2.07. The Morgan fingerprint density at radius 3 is 2.71 bits per heavy atom. The van der Waals surface area contributed by atoms with E-state index in [0.29, 0.717) is 10.2 Å². The molecule has 96 valence electrons. The van der Waals surface area contributed by atoms with Crippen molar-refractivity contribution in [2.45, 2.75) is 20.4 Å². The van der Waals surface area contributed by atoms with Gasteiger partial charge in [0.1, 0.15) is 5.15 Å². The number of rotatable bonds is 7. The maximum absolute atomic E-state index is 6.11. The zero-order valence-electron chi connectivity index (χ0n) is 10.2. The molecule has 0 atom stereocenters. The number of halogens is 2. The van der Waals surface area contributed by atoms with Crippen LogP contribution in [0, 0.1) is 0 Å². The molecule has 0 spiro atoms. The lowest BCUT2D eigenvalue weighted by molar-refractivity contribution is 0.113. The van der Waals surface area contributed by atoms with E-state index in [9.17, 15) is 0 Å². The predicted molar refractivity (Wildman–Crippen MR) is 71.7 cm³/mol. The highest BCUT2D eigenvalue weighted by atomic mass is 35.5. The van der Waals surface area contributed by atoms with E-state index in [1.54, 1.807) is 12.3 Å². The van der Waals surface area contributed by atoms with Crippen LogP contribution in [0.25, 0.3) is 0 Å². The van der Waals surface area contributed by atoms with E-state index in [1.165, 1.54) is 0 Å². The van der Waals surface area contributed by atoms with E-state index < -0.39 is 0 Å². The summed E-state index contributed by atoms with van der Waals surface area (Å²) in [5, 5.41) is 1.09. The maximum Gasteiger partial charge on any atom is 0.130 e. The summed E-state index contributed by atoms with van der Waals surface area (Å²) in [5.41, 5.74) is 0.995. The van der Waals surface area contributed by atoms with Crippen LogP contribution >= 0.6 is 23.2 Å². The summed E-state index contributed by atoms with van der Waals surface area (Å²) < 4.78 is 5.34. The molecule has 0 aliphatic rings. The van der Waals surface area contributed by atoms with E-state index >= 15 is 0 Å². The first-order valence-corrected chi connectivity index (χ1v) is 6.53. The number of hydrogen-bond donors (Lipinski definition) is 0. The Morgan fingerprint density at radius 1 is 1.35 bits per heavy atom. The van der Waals surface area contributed by atoms with Gasteiger partial charge in [0.25, 0.3) is 0 Å². The van der Waals surface area contributed by atoms with E-state index in [1.807, 2.05) is 6.92 Å². The second-order valence-electron chi connectivity index (χ2n) is 3.66. The Hall–Kier alpha value is -0.350. The lowest BCUT2D eigenvalue weighted by Crippen LogP contribution is -2.27. The third-order valence-corrected chi connectivity index (χ3v) is 3.05. The molecule has 1 aromatic heterocycles. The smallest absolute Gasteiger partial charge is 0.130 e. The molecule has 1 aromatic rings. The molecule has 0 fully saturated rings. The molecule has 3 nitrogen and oxygen atoms in total. The van der Waals surface area contributed by atoms with Gasteiger partial charge >= 0.3 is 0 Å². The molecule has 0 aliphatic carbocycles. The van der Waals surface area contributed by atoms with Crippen LogP contribution in [-0.4, -0.2) is 36.2 Å². The van der Waals surface area contributed by atoms with Crippen molar-refractivity contribution < 1.29 is 4.74 Å². The fourth-order valence-electron chi connectivity index (χ4n) is 1.48. The van der Waals surface area contributed by atoms with Crippen LogP contribution in [0.1, 0.15) is 19.4 Å². The monoisotopic (exact) mass is 276 g/mol. The molecule has 0 radical (unpaired) electrons. The van der Waals surface area contributed by atoms with Crippen molar-refractivity contribution in [3.63, 3.8) is 0 Å². The summed E-state index contributed by atoms with van der Waals surface area (Å²) in [6.07, 6.45) is 1.73. The molecule has 0 aromatic carbocycles. The second-order valence-corrected chi connectivity index (χ2v) is 4.46. The zero-order valence-corrected chi connectivity index (χ0v) is 11.8. The first-order valence-electron chi connectivity index (χ1n) is 5.77. The van der Waals surface area contributed by atoms with E-state index in [4.69, 9.17) is 27.9 Å². The minimum Gasteiger partial charge on any atom is -0.380 e. The molecule has 0 bridgehead atoms. The summed E-state index contributed by atoms with van der Waals surface area (Å²) in [5.74, 6) is 0. The quantitative estimate of drug-likeness (QED) is 0.565. The van der Waals surface area contributed by atoms with Crippen LogP contribution in [0.15, 0.2) is 12.3 Å². The van der Waals surface area contributed by atoms with Gasteiger partial charge in [-0.15, -0.1) is 0 Å². The minimum atomic E-state index is 0.427. The first kappa shape index (κ1) is 14.7. The number of hydrogen-bond acceptors (Lipinski definition) is 3. The molecule has 0 saturated heterocycles. The Bertz CT molecular complexity index is 347. The fraction of sp³-hybridized carbons (Fsp3) is 0.583. The SMILES string of the molecule is CCOCCN(CC)Cc1cnc(Cl)cc1Cl. The lowest BCUT2D eigenvalue weighted by atomic mass is 10.2.